The first-order valence-electron chi connectivity index (χ1n) is 12.2. The Morgan fingerprint density at radius 2 is 1.78 bits per heavy atom. The predicted molar refractivity (Wildman–Crippen MR) is 137 cm³/mol. The molecular weight excluding hydrogens is 456 g/mol. The summed E-state index contributed by atoms with van der Waals surface area (Å²) in [6.45, 7) is 6.91. The first kappa shape index (κ1) is 22.4. The molecule has 36 heavy (non-hydrogen) atoms. The van der Waals surface area contributed by atoms with Crippen LogP contribution in [0.3, 0.4) is 0 Å². The molecule has 0 unspecified atom stereocenters. The van der Waals surface area contributed by atoms with E-state index in [1.165, 1.54) is 5.56 Å². The third-order valence-corrected chi connectivity index (χ3v) is 6.74. The number of carbonyl (C=O) groups excluding carboxylic acids is 1. The molecule has 0 spiro atoms. The van der Waals surface area contributed by atoms with Gasteiger partial charge in [0, 0.05) is 62.8 Å². The zero-order chi connectivity index (χ0) is 24.5. The van der Waals surface area contributed by atoms with E-state index in [1.807, 2.05) is 35.4 Å². The summed E-state index contributed by atoms with van der Waals surface area (Å²) in [6, 6.07) is 17.7. The largest absolute Gasteiger partial charge is 0.454 e. The van der Waals surface area contributed by atoms with E-state index in [1.54, 1.807) is 6.07 Å². The Labute approximate surface area is 209 Å². The van der Waals surface area contributed by atoms with Crippen LogP contribution in [0.1, 0.15) is 5.56 Å². The number of ether oxygens (including phenoxy) is 2. The van der Waals surface area contributed by atoms with E-state index in [9.17, 15) is 4.79 Å². The van der Waals surface area contributed by atoms with Gasteiger partial charge in [0.05, 0.1) is 0 Å². The fourth-order valence-corrected chi connectivity index (χ4v) is 4.69. The molecule has 4 aromatic rings. The highest BCUT2D eigenvalue weighted by Crippen LogP contribution is 2.34. The topological polar surface area (TPSA) is 84.8 Å². The molecule has 2 aliphatic heterocycles. The van der Waals surface area contributed by atoms with Crippen molar-refractivity contribution in [3.05, 3.63) is 66.4 Å². The maximum Gasteiger partial charge on any atom is 0.321 e. The number of aryl methyl sites for hydroxylation is 1. The van der Waals surface area contributed by atoms with Crippen molar-refractivity contribution in [2.75, 3.05) is 44.8 Å². The molecule has 184 valence electrons. The molecule has 2 aromatic heterocycles. The van der Waals surface area contributed by atoms with Crippen molar-refractivity contribution in [3.63, 3.8) is 0 Å². The maximum absolute atomic E-state index is 12.8. The van der Waals surface area contributed by atoms with Crippen LogP contribution in [0, 0.1) is 6.92 Å². The summed E-state index contributed by atoms with van der Waals surface area (Å²) in [7, 11) is 0. The van der Waals surface area contributed by atoms with Crippen molar-refractivity contribution in [2.45, 2.75) is 13.5 Å². The number of hydrogen-bond donors (Lipinski definition) is 1. The lowest BCUT2D eigenvalue weighted by Crippen LogP contribution is -2.50. The quantitative estimate of drug-likeness (QED) is 0.461. The average Bonchev–Trinajstić information content (AvgIpc) is 3.52. The fraction of sp³-hybridized carbons (Fsp3) is 0.296. The molecule has 2 amide bonds. The lowest BCUT2D eigenvalue weighted by atomic mass is 10.1. The molecule has 6 rings (SSSR count). The maximum atomic E-state index is 12.8. The van der Waals surface area contributed by atoms with Gasteiger partial charge in [0.2, 0.25) is 6.79 Å². The van der Waals surface area contributed by atoms with Crippen LogP contribution in [0.2, 0.25) is 0 Å². The minimum Gasteiger partial charge on any atom is -0.454 e. The second kappa shape index (κ2) is 9.50. The Kier molecular flexibility index (Phi) is 5.90. The molecular formula is C27H28N6O3. The normalized spacial score (nSPS) is 15.4. The number of nitrogens with one attached hydrogen (secondary N) is 1. The van der Waals surface area contributed by atoms with Crippen molar-refractivity contribution < 1.29 is 14.3 Å². The number of nitrogens with zero attached hydrogens (tertiary/aromatic N) is 5. The molecule has 2 aromatic carbocycles. The second-order valence-corrected chi connectivity index (χ2v) is 9.13. The van der Waals surface area contributed by atoms with Crippen molar-refractivity contribution in [1.82, 2.24) is 24.3 Å². The minimum absolute atomic E-state index is 0.0972. The zero-order valence-electron chi connectivity index (χ0n) is 20.2. The Morgan fingerprint density at radius 1 is 0.972 bits per heavy atom. The number of piperazine rings is 1. The SMILES string of the molecule is Cc1ccc(-c2nc3cccnc3n2CCN2CCN(C(=O)Nc3ccc4c(c3)OCO4)CC2)cc1. The number of anilines is 1. The van der Waals surface area contributed by atoms with E-state index in [0.717, 1.165) is 48.7 Å². The third kappa shape index (κ3) is 4.45. The number of carbonyl (C=O) groups is 1. The molecule has 2 aliphatic rings. The number of pyridine rings is 1. The lowest BCUT2D eigenvalue weighted by molar-refractivity contribution is 0.145. The molecule has 1 fully saturated rings. The van der Waals surface area contributed by atoms with Crippen LogP contribution in [-0.2, 0) is 6.54 Å². The van der Waals surface area contributed by atoms with Gasteiger partial charge < -0.3 is 24.3 Å². The number of imidazole rings is 1. The number of rotatable bonds is 5. The zero-order valence-corrected chi connectivity index (χ0v) is 20.2. The van der Waals surface area contributed by atoms with E-state index < -0.39 is 0 Å². The monoisotopic (exact) mass is 484 g/mol. The number of benzene rings is 2. The van der Waals surface area contributed by atoms with Gasteiger partial charge in [-0.05, 0) is 31.2 Å². The highest BCUT2D eigenvalue weighted by molar-refractivity contribution is 5.89. The second-order valence-electron chi connectivity index (χ2n) is 9.13. The van der Waals surface area contributed by atoms with Crippen LogP contribution in [-0.4, -0.2) is 69.9 Å². The number of hydrogen-bond acceptors (Lipinski definition) is 6. The van der Waals surface area contributed by atoms with Crippen LogP contribution in [0.15, 0.2) is 60.8 Å². The van der Waals surface area contributed by atoms with Crippen LogP contribution in [0.5, 0.6) is 11.5 Å². The summed E-state index contributed by atoms with van der Waals surface area (Å²) in [4.78, 5) is 26.5. The molecule has 0 bridgehead atoms. The number of amides is 2. The molecule has 0 saturated carbocycles. The first-order valence-corrected chi connectivity index (χ1v) is 12.2. The molecule has 0 atom stereocenters. The summed E-state index contributed by atoms with van der Waals surface area (Å²) in [6.07, 6.45) is 1.82. The third-order valence-electron chi connectivity index (χ3n) is 6.74. The standard InChI is InChI=1S/C27H28N6O3/c1-19-4-6-20(7-5-19)25-30-22-3-2-10-28-26(22)33(25)16-13-31-11-14-32(15-12-31)27(34)29-21-8-9-23-24(17-21)36-18-35-23/h2-10,17H,11-16,18H2,1H3,(H,29,34). The van der Waals surface area contributed by atoms with Gasteiger partial charge in [0.15, 0.2) is 17.1 Å². The van der Waals surface area contributed by atoms with Crippen LogP contribution >= 0.6 is 0 Å². The first-order chi connectivity index (χ1) is 17.6. The summed E-state index contributed by atoms with van der Waals surface area (Å²) in [5.74, 6) is 2.29. The van der Waals surface area contributed by atoms with Crippen molar-refractivity contribution in [1.29, 1.82) is 0 Å². The molecule has 0 radical (unpaired) electrons. The average molecular weight is 485 g/mol. The van der Waals surface area contributed by atoms with Crippen LogP contribution in [0.4, 0.5) is 10.5 Å². The van der Waals surface area contributed by atoms with E-state index in [0.29, 0.717) is 30.3 Å². The van der Waals surface area contributed by atoms with Gasteiger partial charge >= 0.3 is 6.03 Å². The van der Waals surface area contributed by atoms with Gasteiger partial charge in [0.1, 0.15) is 11.3 Å². The van der Waals surface area contributed by atoms with Crippen LogP contribution in [0.25, 0.3) is 22.6 Å². The summed E-state index contributed by atoms with van der Waals surface area (Å²) in [5.41, 5.74) is 4.81. The summed E-state index contributed by atoms with van der Waals surface area (Å²) >= 11 is 0. The van der Waals surface area contributed by atoms with Gasteiger partial charge in [-0.1, -0.05) is 29.8 Å². The van der Waals surface area contributed by atoms with E-state index in [-0.39, 0.29) is 12.8 Å². The number of aromatic nitrogens is 3. The Bertz CT molecular complexity index is 1390. The smallest absolute Gasteiger partial charge is 0.321 e. The molecule has 1 N–H and O–H groups in total. The van der Waals surface area contributed by atoms with Crippen molar-refractivity contribution in [2.24, 2.45) is 0 Å². The highest BCUT2D eigenvalue weighted by atomic mass is 16.7. The highest BCUT2D eigenvalue weighted by Gasteiger charge is 2.23. The number of fused-ring (bicyclic) bond motifs is 2. The molecule has 9 nitrogen and oxygen atoms in total. The Morgan fingerprint density at radius 3 is 2.61 bits per heavy atom. The molecule has 0 aliphatic carbocycles. The molecule has 1 saturated heterocycles. The van der Waals surface area contributed by atoms with E-state index >= 15 is 0 Å². The lowest BCUT2D eigenvalue weighted by Gasteiger charge is -2.34. The fourth-order valence-electron chi connectivity index (χ4n) is 4.69. The van der Waals surface area contributed by atoms with E-state index in [4.69, 9.17) is 14.5 Å². The Hall–Kier alpha value is -4.11. The van der Waals surface area contributed by atoms with Gasteiger partial charge in [-0.25, -0.2) is 14.8 Å². The molecule has 4 heterocycles. The van der Waals surface area contributed by atoms with Gasteiger partial charge in [0.25, 0.3) is 0 Å². The molecule has 9 heteroatoms. The summed E-state index contributed by atoms with van der Waals surface area (Å²) in [5, 5.41) is 2.97. The van der Waals surface area contributed by atoms with Gasteiger partial charge in [-0.3, -0.25) is 4.90 Å². The van der Waals surface area contributed by atoms with Gasteiger partial charge in [-0.15, -0.1) is 0 Å². The predicted octanol–water partition coefficient (Wildman–Crippen LogP) is 3.99. The minimum atomic E-state index is -0.0972. The summed E-state index contributed by atoms with van der Waals surface area (Å²) < 4.78 is 12.9. The van der Waals surface area contributed by atoms with E-state index in [2.05, 4.69) is 51.0 Å². The van der Waals surface area contributed by atoms with Crippen molar-refractivity contribution >= 4 is 22.9 Å². The Balaban J connectivity index is 1.09. The van der Waals surface area contributed by atoms with Crippen LogP contribution < -0.4 is 14.8 Å². The van der Waals surface area contributed by atoms with Gasteiger partial charge in [-0.2, -0.15) is 0 Å². The number of urea groups is 1. The van der Waals surface area contributed by atoms with Crippen molar-refractivity contribution in [3.8, 4) is 22.9 Å².